The van der Waals surface area contributed by atoms with Gasteiger partial charge in [-0.3, -0.25) is 0 Å². The zero-order chi connectivity index (χ0) is 17.0. The summed E-state index contributed by atoms with van der Waals surface area (Å²) in [6.45, 7) is 2.66. The molecule has 0 spiro atoms. The van der Waals surface area contributed by atoms with Gasteiger partial charge in [0, 0.05) is 26.6 Å². The summed E-state index contributed by atoms with van der Waals surface area (Å²) in [7, 11) is 3.34. The molecule has 1 heterocycles. The van der Waals surface area contributed by atoms with E-state index in [4.69, 9.17) is 13.9 Å². The van der Waals surface area contributed by atoms with Crippen LogP contribution in [0.25, 0.3) is 0 Å². The van der Waals surface area contributed by atoms with Crippen LogP contribution in [-0.4, -0.2) is 39.9 Å². The second kappa shape index (κ2) is 10.3. The maximum Gasteiger partial charge on any atom is 0.191 e. The molecule has 0 amide bonds. The second-order valence-electron chi connectivity index (χ2n) is 5.19. The number of hydrogen-bond donors (Lipinski definition) is 2. The molecule has 0 unspecified atom stereocenters. The minimum absolute atomic E-state index is 0.590. The predicted molar refractivity (Wildman–Crippen MR) is 94.4 cm³/mol. The minimum Gasteiger partial charge on any atom is -0.497 e. The molecule has 6 heteroatoms. The third-order valence-corrected chi connectivity index (χ3v) is 3.42. The molecule has 0 saturated heterocycles. The van der Waals surface area contributed by atoms with E-state index in [-0.39, 0.29) is 0 Å². The van der Waals surface area contributed by atoms with Crippen LogP contribution in [0.5, 0.6) is 5.75 Å². The molecule has 0 radical (unpaired) electrons. The van der Waals surface area contributed by atoms with Crippen molar-refractivity contribution in [3.63, 3.8) is 0 Å². The smallest absolute Gasteiger partial charge is 0.191 e. The Bertz CT molecular complexity index is 594. The van der Waals surface area contributed by atoms with Gasteiger partial charge in [-0.15, -0.1) is 0 Å². The molecule has 6 nitrogen and oxygen atoms in total. The van der Waals surface area contributed by atoms with Crippen LogP contribution in [0.4, 0.5) is 0 Å². The normalized spacial score (nSPS) is 11.3. The van der Waals surface area contributed by atoms with Gasteiger partial charge in [0.25, 0.3) is 0 Å². The number of benzene rings is 1. The Balaban J connectivity index is 1.87. The highest BCUT2D eigenvalue weighted by molar-refractivity contribution is 5.79. The molecule has 2 N–H and O–H groups in total. The minimum atomic E-state index is 0.590. The summed E-state index contributed by atoms with van der Waals surface area (Å²) in [6, 6.07) is 11.8. The van der Waals surface area contributed by atoms with E-state index in [1.54, 1.807) is 20.5 Å². The van der Waals surface area contributed by atoms with Crippen molar-refractivity contribution in [3.8, 4) is 5.75 Å². The van der Waals surface area contributed by atoms with E-state index in [0.29, 0.717) is 19.7 Å². The third kappa shape index (κ3) is 6.34. The molecule has 130 valence electrons. The van der Waals surface area contributed by atoms with Gasteiger partial charge in [0.15, 0.2) is 5.96 Å². The number of methoxy groups -OCH3 is 2. The average Bonchev–Trinajstić information content (AvgIpc) is 3.13. The lowest BCUT2D eigenvalue weighted by atomic mass is 10.2. The fourth-order valence-corrected chi connectivity index (χ4v) is 2.11. The Labute approximate surface area is 142 Å². The van der Waals surface area contributed by atoms with Crippen molar-refractivity contribution in [2.45, 2.75) is 13.0 Å². The SMILES string of the molecule is COCCNC(=NCc1ccc(OC)cc1)NCCc1ccco1. The van der Waals surface area contributed by atoms with Crippen LogP contribution in [0, 0.1) is 0 Å². The Hall–Kier alpha value is -2.47. The molecule has 0 bridgehead atoms. The molecule has 0 fully saturated rings. The van der Waals surface area contributed by atoms with E-state index >= 15 is 0 Å². The van der Waals surface area contributed by atoms with Crippen LogP contribution < -0.4 is 15.4 Å². The average molecular weight is 331 g/mol. The van der Waals surface area contributed by atoms with Crippen LogP contribution in [0.2, 0.25) is 0 Å². The van der Waals surface area contributed by atoms with Crippen molar-refractivity contribution in [2.24, 2.45) is 4.99 Å². The molecule has 1 aromatic heterocycles. The van der Waals surface area contributed by atoms with Crippen molar-refractivity contribution in [1.29, 1.82) is 0 Å². The van der Waals surface area contributed by atoms with E-state index in [0.717, 1.165) is 36.0 Å². The fraction of sp³-hybridized carbons (Fsp3) is 0.389. The quantitative estimate of drug-likeness (QED) is 0.419. The topological polar surface area (TPSA) is 68.0 Å². The summed E-state index contributed by atoms with van der Waals surface area (Å²) in [5.74, 6) is 2.56. The Kier molecular flexibility index (Phi) is 7.70. The first-order valence-electron chi connectivity index (χ1n) is 7.98. The molecule has 0 saturated carbocycles. The first kappa shape index (κ1) is 17.9. The van der Waals surface area contributed by atoms with Crippen molar-refractivity contribution in [3.05, 3.63) is 54.0 Å². The molecular weight excluding hydrogens is 306 g/mol. The van der Waals surface area contributed by atoms with Crippen LogP contribution in [0.15, 0.2) is 52.1 Å². The summed E-state index contributed by atoms with van der Waals surface area (Å²) in [5.41, 5.74) is 1.12. The first-order valence-corrected chi connectivity index (χ1v) is 7.98. The van der Waals surface area contributed by atoms with E-state index in [2.05, 4.69) is 15.6 Å². The molecule has 0 aliphatic heterocycles. The Morgan fingerprint density at radius 1 is 1.08 bits per heavy atom. The molecular formula is C18H25N3O3. The van der Waals surface area contributed by atoms with E-state index in [1.165, 1.54) is 0 Å². The fourth-order valence-electron chi connectivity index (χ4n) is 2.11. The molecule has 1 aromatic carbocycles. The zero-order valence-electron chi connectivity index (χ0n) is 14.2. The molecule has 0 aliphatic rings. The molecule has 0 atom stereocenters. The third-order valence-electron chi connectivity index (χ3n) is 3.42. The number of guanidine groups is 1. The number of furan rings is 1. The molecule has 0 aliphatic carbocycles. The maximum atomic E-state index is 5.33. The van der Waals surface area contributed by atoms with Crippen LogP contribution in [-0.2, 0) is 17.7 Å². The van der Waals surface area contributed by atoms with Gasteiger partial charge in [-0.05, 0) is 29.8 Å². The lowest BCUT2D eigenvalue weighted by Crippen LogP contribution is -2.40. The van der Waals surface area contributed by atoms with Crippen LogP contribution in [0.1, 0.15) is 11.3 Å². The highest BCUT2D eigenvalue weighted by Gasteiger charge is 2.01. The zero-order valence-corrected chi connectivity index (χ0v) is 14.2. The highest BCUT2D eigenvalue weighted by atomic mass is 16.5. The van der Waals surface area contributed by atoms with E-state index in [9.17, 15) is 0 Å². The van der Waals surface area contributed by atoms with Gasteiger partial charge < -0.3 is 24.5 Å². The number of hydrogen-bond acceptors (Lipinski definition) is 4. The predicted octanol–water partition coefficient (Wildman–Crippen LogP) is 2.21. The number of ether oxygens (including phenoxy) is 2. The van der Waals surface area contributed by atoms with Crippen molar-refractivity contribution >= 4 is 5.96 Å². The van der Waals surface area contributed by atoms with Crippen LogP contribution >= 0.6 is 0 Å². The van der Waals surface area contributed by atoms with Crippen molar-refractivity contribution < 1.29 is 13.9 Å². The van der Waals surface area contributed by atoms with E-state index in [1.807, 2.05) is 36.4 Å². The molecule has 2 rings (SSSR count). The largest absolute Gasteiger partial charge is 0.497 e. The van der Waals surface area contributed by atoms with Crippen molar-refractivity contribution in [1.82, 2.24) is 10.6 Å². The molecule has 2 aromatic rings. The van der Waals surface area contributed by atoms with Gasteiger partial charge in [0.2, 0.25) is 0 Å². The lowest BCUT2D eigenvalue weighted by molar-refractivity contribution is 0.203. The van der Waals surface area contributed by atoms with Gasteiger partial charge >= 0.3 is 0 Å². The first-order chi connectivity index (χ1) is 11.8. The lowest BCUT2D eigenvalue weighted by Gasteiger charge is -2.12. The second-order valence-corrected chi connectivity index (χ2v) is 5.19. The Morgan fingerprint density at radius 3 is 2.54 bits per heavy atom. The standard InChI is InChI=1S/C18H25N3O3/c1-22-13-11-20-18(19-10-9-17-4-3-12-24-17)21-14-15-5-7-16(23-2)8-6-15/h3-8,12H,9-11,13-14H2,1-2H3,(H2,19,20,21). The van der Waals surface area contributed by atoms with Gasteiger partial charge in [0.05, 0.1) is 26.5 Å². The summed E-state index contributed by atoms with van der Waals surface area (Å²) in [6.07, 6.45) is 2.49. The van der Waals surface area contributed by atoms with Gasteiger partial charge in [-0.1, -0.05) is 12.1 Å². The van der Waals surface area contributed by atoms with E-state index < -0.39 is 0 Å². The van der Waals surface area contributed by atoms with Crippen molar-refractivity contribution in [2.75, 3.05) is 33.9 Å². The van der Waals surface area contributed by atoms with Gasteiger partial charge in [0.1, 0.15) is 11.5 Å². The summed E-state index contributed by atoms with van der Waals surface area (Å²) in [5, 5.41) is 6.56. The highest BCUT2D eigenvalue weighted by Crippen LogP contribution is 2.11. The maximum absolute atomic E-state index is 5.33. The molecule has 24 heavy (non-hydrogen) atoms. The van der Waals surface area contributed by atoms with Crippen LogP contribution in [0.3, 0.4) is 0 Å². The number of rotatable bonds is 9. The van der Waals surface area contributed by atoms with Gasteiger partial charge in [-0.2, -0.15) is 0 Å². The summed E-state index contributed by atoms with van der Waals surface area (Å²) < 4.78 is 15.6. The number of nitrogens with one attached hydrogen (secondary N) is 2. The Morgan fingerprint density at radius 2 is 1.88 bits per heavy atom. The summed E-state index contributed by atoms with van der Waals surface area (Å²) >= 11 is 0. The summed E-state index contributed by atoms with van der Waals surface area (Å²) in [4.78, 5) is 4.61. The number of aliphatic imine (C=N–C) groups is 1. The number of nitrogens with zero attached hydrogens (tertiary/aromatic N) is 1. The monoisotopic (exact) mass is 331 g/mol. The van der Waals surface area contributed by atoms with Gasteiger partial charge in [-0.25, -0.2) is 4.99 Å².